The summed E-state index contributed by atoms with van der Waals surface area (Å²) in [5.41, 5.74) is 5.20. The van der Waals surface area contributed by atoms with Gasteiger partial charge in [0.2, 0.25) is 0 Å². The van der Waals surface area contributed by atoms with Crippen molar-refractivity contribution in [1.82, 2.24) is 15.0 Å². The third-order valence-electron chi connectivity index (χ3n) is 5.90. The molecule has 3 heterocycles. The second kappa shape index (κ2) is 15.9. The average Bonchev–Trinajstić information content (AvgIpc) is 2.91. The van der Waals surface area contributed by atoms with Crippen LogP contribution in [0.15, 0.2) is 54.9 Å². The maximum absolute atomic E-state index is 5.81. The van der Waals surface area contributed by atoms with E-state index < -0.39 is 0 Å². The van der Waals surface area contributed by atoms with E-state index in [0.717, 1.165) is 72.8 Å². The number of unbranched alkanes of at least 4 members (excludes halogenated alkanes) is 2. The van der Waals surface area contributed by atoms with Crippen LogP contribution in [0.4, 0.5) is 0 Å². The molecule has 0 saturated heterocycles. The summed E-state index contributed by atoms with van der Waals surface area (Å²) in [6.45, 7) is 16.5. The normalized spacial score (nSPS) is 12.2. The highest BCUT2D eigenvalue weighted by molar-refractivity contribution is 5.61. The molecule has 0 saturated carbocycles. The zero-order chi connectivity index (χ0) is 28.8. The van der Waals surface area contributed by atoms with E-state index in [2.05, 4.69) is 51.5 Å². The Morgan fingerprint density at radius 1 is 0.525 bits per heavy atom. The zero-order valence-electron chi connectivity index (χ0n) is 25.2. The Morgan fingerprint density at radius 2 is 0.950 bits per heavy atom. The molecular weight excluding hydrogens is 502 g/mol. The number of pyridine rings is 3. The molecular formula is C33H47N3O4. The number of nitrogens with zero attached hydrogens (tertiary/aromatic N) is 3. The first-order chi connectivity index (χ1) is 19.1. The van der Waals surface area contributed by atoms with E-state index in [-0.39, 0.29) is 11.2 Å². The largest absolute Gasteiger partial charge is 0.377 e. The van der Waals surface area contributed by atoms with E-state index in [4.69, 9.17) is 23.9 Å². The molecule has 0 N–H and O–H groups in total. The van der Waals surface area contributed by atoms with E-state index in [1.807, 2.05) is 54.9 Å². The van der Waals surface area contributed by atoms with Crippen molar-refractivity contribution in [2.75, 3.05) is 26.4 Å². The van der Waals surface area contributed by atoms with Gasteiger partial charge in [0.1, 0.15) is 0 Å². The maximum atomic E-state index is 5.81. The van der Waals surface area contributed by atoms with Crippen molar-refractivity contribution < 1.29 is 18.9 Å². The quantitative estimate of drug-likeness (QED) is 0.172. The lowest BCUT2D eigenvalue weighted by Crippen LogP contribution is -2.19. The van der Waals surface area contributed by atoms with Gasteiger partial charge in [0.15, 0.2) is 0 Å². The molecule has 0 aliphatic carbocycles. The summed E-state index contributed by atoms with van der Waals surface area (Å²) in [6.07, 6.45) is 7.67. The van der Waals surface area contributed by atoms with Crippen LogP contribution in [-0.4, -0.2) is 52.6 Å². The lowest BCUT2D eigenvalue weighted by atomic mass is 10.1. The van der Waals surface area contributed by atoms with E-state index >= 15 is 0 Å². The Balaban J connectivity index is 1.41. The van der Waals surface area contributed by atoms with Crippen LogP contribution in [0.25, 0.3) is 22.8 Å². The number of rotatable bonds is 16. The lowest BCUT2D eigenvalue weighted by molar-refractivity contribution is -0.00794. The predicted octanol–water partition coefficient (Wildman–Crippen LogP) is 7.43. The molecule has 7 heteroatoms. The van der Waals surface area contributed by atoms with Crippen LogP contribution in [0.2, 0.25) is 0 Å². The van der Waals surface area contributed by atoms with Gasteiger partial charge >= 0.3 is 0 Å². The highest BCUT2D eigenvalue weighted by Gasteiger charge is 2.10. The first-order valence-electron chi connectivity index (χ1n) is 14.4. The minimum atomic E-state index is -0.0820. The Hall–Kier alpha value is -2.71. The van der Waals surface area contributed by atoms with Crippen molar-refractivity contribution in [3.63, 3.8) is 0 Å². The number of hydrogen-bond acceptors (Lipinski definition) is 7. The summed E-state index contributed by atoms with van der Waals surface area (Å²) in [4.78, 5) is 14.0. The molecule has 0 spiro atoms. The van der Waals surface area contributed by atoms with E-state index in [9.17, 15) is 0 Å². The monoisotopic (exact) mass is 549 g/mol. The van der Waals surface area contributed by atoms with Gasteiger partial charge in [-0.1, -0.05) is 18.2 Å². The Bertz CT molecular complexity index is 1030. The first kappa shape index (κ1) is 31.8. The third kappa shape index (κ3) is 12.6. The topological polar surface area (TPSA) is 75.6 Å². The summed E-state index contributed by atoms with van der Waals surface area (Å²) in [5.74, 6) is 0. The molecule has 0 aromatic carbocycles. The molecule has 0 atom stereocenters. The van der Waals surface area contributed by atoms with Crippen LogP contribution in [0, 0.1) is 0 Å². The summed E-state index contributed by atoms with van der Waals surface area (Å²) in [6, 6.07) is 14.0. The van der Waals surface area contributed by atoms with Crippen molar-refractivity contribution in [1.29, 1.82) is 0 Å². The average molecular weight is 550 g/mol. The molecule has 40 heavy (non-hydrogen) atoms. The molecule has 0 fully saturated rings. The van der Waals surface area contributed by atoms with Crippen molar-refractivity contribution in [3.8, 4) is 22.8 Å². The SMILES string of the molecule is CC(C)(C)OCCCCOCc1ccc(-c2cccc(-c3ccc(COCCCCOC(C)(C)C)cn3)n2)nc1. The van der Waals surface area contributed by atoms with E-state index in [0.29, 0.717) is 26.4 Å². The molecule has 3 rings (SSSR count). The second-order valence-electron chi connectivity index (χ2n) is 12.0. The van der Waals surface area contributed by atoms with Crippen LogP contribution in [0.1, 0.15) is 78.4 Å². The summed E-state index contributed by atoms with van der Waals surface area (Å²) < 4.78 is 23.1. The fourth-order valence-electron chi connectivity index (χ4n) is 3.79. The predicted molar refractivity (Wildman–Crippen MR) is 160 cm³/mol. The fraction of sp³-hybridized carbons (Fsp3) is 0.545. The summed E-state index contributed by atoms with van der Waals surface area (Å²) in [5, 5.41) is 0. The van der Waals surface area contributed by atoms with Crippen molar-refractivity contribution in [2.45, 2.75) is 91.6 Å². The van der Waals surface area contributed by atoms with Gasteiger partial charge < -0.3 is 18.9 Å². The van der Waals surface area contributed by atoms with Gasteiger partial charge in [0.25, 0.3) is 0 Å². The third-order valence-corrected chi connectivity index (χ3v) is 5.90. The van der Waals surface area contributed by atoms with Crippen molar-refractivity contribution >= 4 is 0 Å². The Labute approximate surface area is 240 Å². The minimum absolute atomic E-state index is 0.0820. The van der Waals surface area contributed by atoms with Crippen molar-refractivity contribution in [3.05, 3.63) is 66.0 Å². The molecule has 0 unspecified atom stereocenters. The fourth-order valence-corrected chi connectivity index (χ4v) is 3.79. The van der Waals surface area contributed by atoms with Crippen molar-refractivity contribution in [2.24, 2.45) is 0 Å². The highest BCUT2D eigenvalue weighted by Crippen LogP contribution is 2.21. The highest BCUT2D eigenvalue weighted by atomic mass is 16.5. The Morgan fingerprint density at radius 3 is 1.32 bits per heavy atom. The zero-order valence-corrected chi connectivity index (χ0v) is 25.2. The Kier molecular flexibility index (Phi) is 12.7. The van der Waals surface area contributed by atoms with Gasteiger partial charge in [-0.05, 0) is 103 Å². The minimum Gasteiger partial charge on any atom is -0.377 e. The van der Waals surface area contributed by atoms with E-state index in [1.165, 1.54) is 0 Å². The standard InChI is InChI=1S/C33H47N3O4/c1-32(2,3)39-20-9-7-18-37-24-26-14-16-28(34-22-26)30-12-11-13-31(36-30)29-17-15-27(23-35-29)25-38-19-8-10-21-40-33(4,5)6/h11-17,22-23H,7-10,18-21,24-25H2,1-6H3. The van der Waals surface area contributed by atoms with Crippen LogP contribution in [-0.2, 0) is 32.2 Å². The molecule has 0 amide bonds. The number of hydrogen-bond donors (Lipinski definition) is 0. The van der Waals surface area contributed by atoms with Gasteiger partial charge in [-0.25, -0.2) is 4.98 Å². The van der Waals surface area contributed by atoms with E-state index in [1.54, 1.807) is 0 Å². The molecule has 3 aromatic heterocycles. The van der Waals surface area contributed by atoms with Crippen LogP contribution >= 0.6 is 0 Å². The van der Waals surface area contributed by atoms with Gasteiger partial charge in [-0.2, -0.15) is 0 Å². The maximum Gasteiger partial charge on any atom is 0.0894 e. The molecule has 0 aliphatic rings. The first-order valence-corrected chi connectivity index (χ1v) is 14.4. The number of ether oxygens (including phenoxy) is 4. The van der Waals surface area contributed by atoms with Crippen LogP contribution in [0.5, 0.6) is 0 Å². The van der Waals surface area contributed by atoms with Gasteiger partial charge in [-0.15, -0.1) is 0 Å². The van der Waals surface area contributed by atoms with Gasteiger partial charge in [-0.3, -0.25) is 9.97 Å². The summed E-state index contributed by atoms with van der Waals surface area (Å²) in [7, 11) is 0. The molecule has 218 valence electrons. The smallest absolute Gasteiger partial charge is 0.0894 e. The molecule has 0 aliphatic heterocycles. The number of aromatic nitrogens is 3. The molecule has 7 nitrogen and oxygen atoms in total. The molecule has 0 radical (unpaired) electrons. The van der Waals surface area contributed by atoms with Gasteiger partial charge in [0.05, 0.1) is 47.2 Å². The lowest BCUT2D eigenvalue weighted by Gasteiger charge is -2.19. The van der Waals surface area contributed by atoms with Crippen LogP contribution < -0.4 is 0 Å². The van der Waals surface area contributed by atoms with Crippen LogP contribution in [0.3, 0.4) is 0 Å². The molecule has 0 bridgehead atoms. The molecule has 3 aromatic rings. The van der Waals surface area contributed by atoms with Gasteiger partial charge in [0, 0.05) is 38.8 Å². The second-order valence-corrected chi connectivity index (χ2v) is 12.0. The summed E-state index contributed by atoms with van der Waals surface area (Å²) >= 11 is 0.